The molecule has 0 saturated carbocycles. The zero-order valence-electron chi connectivity index (χ0n) is 10.7. The molecule has 2 aromatic rings. The molecule has 2 rings (SSSR count). The maximum Gasteiger partial charge on any atom is 0.278 e. The van der Waals surface area contributed by atoms with Crippen LogP contribution < -0.4 is 10.1 Å². The summed E-state index contributed by atoms with van der Waals surface area (Å²) in [5.74, 6) is 0.901. The van der Waals surface area contributed by atoms with E-state index in [2.05, 4.69) is 10.3 Å². The number of aliphatic hydroxyl groups is 1. The summed E-state index contributed by atoms with van der Waals surface area (Å²) in [5.41, 5.74) is 0.569. The third-order valence-electron chi connectivity index (χ3n) is 2.56. The molecule has 0 saturated heterocycles. The first-order valence-electron chi connectivity index (χ1n) is 5.84. The molecule has 0 bridgehead atoms. The zero-order valence-corrected chi connectivity index (χ0v) is 10.7. The number of hydrogen-bond donors (Lipinski definition) is 2. The summed E-state index contributed by atoms with van der Waals surface area (Å²) in [6.45, 7) is -0.110. The van der Waals surface area contributed by atoms with Gasteiger partial charge in [0, 0.05) is 7.05 Å². The van der Waals surface area contributed by atoms with Gasteiger partial charge in [0.05, 0.1) is 23.7 Å². The first-order valence-corrected chi connectivity index (χ1v) is 5.84. The molecule has 0 aliphatic heterocycles. The maximum absolute atomic E-state index is 10.8. The molecule has 1 aromatic carbocycles. The van der Waals surface area contributed by atoms with E-state index in [1.54, 1.807) is 31.3 Å². The van der Waals surface area contributed by atoms with Crippen molar-refractivity contribution in [3.63, 3.8) is 0 Å². The highest BCUT2D eigenvalue weighted by molar-refractivity contribution is 5.48. The van der Waals surface area contributed by atoms with E-state index in [1.807, 2.05) is 0 Å². The molecule has 2 N–H and O–H groups in total. The Morgan fingerprint density at radius 2 is 2.20 bits per heavy atom. The first kappa shape index (κ1) is 13.8. The summed E-state index contributed by atoms with van der Waals surface area (Å²) in [5, 5.41) is 22.6. The molecule has 1 aromatic heterocycles. The van der Waals surface area contributed by atoms with Crippen LogP contribution in [0.1, 0.15) is 5.56 Å². The molecule has 0 fully saturated rings. The molecule has 0 unspecified atom stereocenters. The van der Waals surface area contributed by atoms with Gasteiger partial charge in [-0.15, -0.1) is 0 Å². The summed E-state index contributed by atoms with van der Waals surface area (Å²) < 4.78 is 5.49. The van der Waals surface area contributed by atoms with Crippen LogP contribution in [0.5, 0.6) is 11.6 Å². The third kappa shape index (κ3) is 3.21. The highest BCUT2D eigenvalue weighted by atomic mass is 16.6. The SMILES string of the molecule is CNc1cc([N+](=O)[O-])cc(Oc2cccc(CO)c2)n1. The van der Waals surface area contributed by atoms with Gasteiger partial charge in [0.2, 0.25) is 5.88 Å². The van der Waals surface area contributed by atoms with E-state index in [9.17, 15) is 10.1 Å². The normalized spacial score (nSPS) is 10.1. The van der Waals surface area contributed by atoms with Crippen molar-refractivity contribution in [3.8, 4) is 11.6 Å². The minimum absolute atomic E-state index is 0.110. The van der Waals surface area contributed by atoms with Crippen LogP contribution in [0.15, 0.2) is 36.4 Å². The highest BCUT2D eigenvalue weighted by Gasteiger charge is 2.12. The van der Waals surface area contributed by atoms with Gasteiger partial charge < -0.3 is 15.2 Å². The Balaban J connectivity index is 2.32. The molecule has 20 heavy (non-hydrogen) atoms. The second-order valence-electron chi connectivity index (χ2n) is 3.96. The van der Waals surface area contributed by atoms with Gasteiger partial charge in [-0.3, -0.25) is 10.1 Å². The van der Waals surface area contributed by atoms with E-state index in [4.69, 9.17) is 9.84 Å². The Labute approximate surface area is 115 Å². The van der Waals surface area contributed by atoms with Crippen LogP contribution >= 0.6 is 0 Å². The average Bonchev–Trinajstić information content (AvgIpc) is 2.47. The Morgan fingerprint density at radius 3 is 2.85 bits per heavy atom. The number of ether oxygens (including phenoxy) is 1. The first-order chi connectivity index (χ1) is 9.62. The Kier molecular flexibility index (Phi) is 4.11. The fourth-order valence-corrected chi connectivity index (χ4v) is 1.61. The van der Waals surface area contributed by atoms with E-state index in [1.165, 1.54) is 12.1 Å². The van der Waals surface area contributed by atoms with E-state index in [0.717, 1.165) is 0 Å². The van der Waals surface area contributed by atoms with E-state index in [0.29, 0.717) is 17.1 Å². The van der Waals surface area contributed by atoms with Gasteiger partial charge >= 0.3 is 0 Å². The molecular formula is C13H13N3O4. The molecule has 7 heteroatoms. The molecule has 0 atom stereocenters. The Morgan fingerprint density at radius 1 is 1.40 bits per heavy atom. The van der Waals surface area contributed by atoms with Crippen LogP contribution in [0.25, 0.3) is 0 Å². The van der Waals surface area contributed by atoms with Gasteiger partial charge in [-0.2, -0.15) is 4.98 Å². The molecule has 0 radical (unpaired) electrons. The number of nitrogens with zero attached hydrogens (tertiary/aromatic N) is 2. The van der Waals surface area contributed by atoms with Crippen LogP contribution in [-0.4, -0.2) is 22.1 Å². The van der Waals surface area contributed by atoms with Gasteiger partial charge in [-0.25, -0.2) is 0 Å². The number of nitrogens with one attached hydrogen (secondary N) is 1. The number of aliphatic hydroxyl groups excluding tert-OH is 1. The topological polar surface area (TPSA) is 97.5 Å². The van der Waals surface area contributed by atoms with Crippen LogP contribution in [0, 0.1) is 10.1 Å². The minimum atomic E-state index is -0.514. The van der Waals surface area contributed by atoms with E-state index in [-0.39, 0.29) is 18.2 Å². The van der Waals surface area contributed by atoms with Crippen molar-refractivity contribution in [1.29, 1.82) is 0 Å². The summed E-state index contributed by atoms with van der Waals surface area (Å²) >= 11 is 0. The van der Waals surface area contributed by atoms with E-state index >= 15 is 0 Å². The number of hydrogen-bond acceptors (Lipinski definition) is 6. The smallest absolute Gasteiger partial charge is 0.278 e. The molecule has 0 aliphatic rings. The lowest BCUT2D eigenvalue weighted by atomic mass is 10.2. The third-order valence-corrected chi connectivity index (χ3v) is 2.56. The van der Waals surface area contributed by atoms with Gasteiger partial charge in [0.25, 0.3) is 5.69 Å². The van der Waals surface area contributed by atoms with Gasteiger partial charge in [-0.05, 0) is 17.7 Å². The number of aromatic nitrogens is 1. The standard InChI is InChI=1S/C13H13N3O4/c1-14-12-6-10(16(18)19)7-13(15-12)20-11-4-2-3-9(5-11)8-17/h2-7,17H,8H2,1H3,(H,14,15). The van der Waals surface area contributed by atoms with Crippen LogP contribution in [-0.2, 0) is 6.61 Å². The number of benzene rings is 1. The summed E-state index contributed by atoms with van der Waals surface area (Å²) in [7, 11) is 1.61. The molecule has 0 aliphatic carbocycles. The fraction of sp³-hybridized carbons (Fsp3) is 0.154. The van der Waals surface area contributed by atoms with Crippen molar-refractivity contribution >= 4 is 11.5 Å². The monoisotopic (exact) mass is 275 g/mol. The summed E-state index contributed by atoms with van der Waals surface area (Å²) in [6, 6.07) is 9.34. The van der Waals surface area contributed by atoms with Crippen molar-refractivity contribution < 1.29 is 14.8 Å². The molecule has 7 nitrogen and oxygen atoms in total. The molecule has 0 amide bonds. The lowest BCUT2D eigenvalue weighted by molar-refractivity contribution is -0.384. The number of nitro groups is 1. The quantitative estimate of drug-likeness (QED) is 0.642. The highest BCUT2D eigenvalue weighted by Crippen LogP contribution is 2.26. The summed E-state index contributed by atoms with van der Waals surface area (Å²) in [4.78, 5) is 14.4. The second kappa shape index (κ2) is 5.98. The molecule has 0 spiro atoms. The minimum Gasteiger partial charge on any atom is -0.439 e. The van der Waals surface area contributed by atoms with Gasteiger partial charge in [0.15, 0.2) is 0 Å². The second-order valence-corrected chi connectivity index (χ2v) is 3.96. The lowest BCUT2D eigenvalue weighted by Crippen LogP contribution is -1.98. The van der Waals surface area contributed by atoms with Crippen molar-refractivity contribution in [2.45, 2.75) is 6.61 Å². The van der Waals surface area contributed by atoms with Gasteiger partial charge in [-0.1, -0.05) is 12.1 Å². The molecular weight excluding hydrogens is 262 g/mol. The molecule has 1 heterocycles. The largest absolute Gasteiger partial charge is 0.439 e. The number of pyridine rings is 1. The maximum atomic E-state index is 10.8. The summed E-state index contributed by atoms with van der Waals surface area (Å²) in [6.07, 6.45) is 0. The predicted octanol–water partition coefficient (Wildman–Crippen LogP) is 2.32. The van der Waals surface area contributed by atoms with Crippen molar-refractivity contribution in [2.24, 2.45) is 0 Å². The van der Waals surface area contributed by atoms with Crippen molar-refractivity contribution in [2.75, 3.05) is 12.4 Å². The average molecular weight is 275 g/mol. The van der Waals surface area contributed by atoms with Gasteiger partial charge in [0.1, 0.15) is 11.6 Å². The van der Waals surface area contributed by atoms with Crippen molar-refractivity contribution in [3.05, 3.63) is 52.1 Å². The predicted molar refractivity (Wildman–Crippen MR) is 72.9 cm³/mol. The Bertz CT molecular complexity index is 631. The fourth-order valence-electron chi connectivity index (χ4n) is 1.61. The lowest BCUT2D eigenvalue weighted by Gasteiger charge is -2.07. The number of rotatable bonds is 5. The van der Waals surface area contributed by atoms with Crippen LogP contribution in [0.3, 0.4) is 0 Å². The zero-order chi connectivity index (χ0) is 14.5. The molecule has 104 valence electrons. The van der Waals surface area contributed by atoms with E-state index < -0.39 is 4.92 Å². The van der Waals surface area contributed by atoms with Crippen LogP contribution in [0.4, 0.5) is 11.5 Å². The van der Waals surface area contributed by atoms with Crippen molar-refractivity contribution in [1.82, 2.24) is 4.98 Å². The van der Waals surface area contributed by atoms with Crippen LogP contribution in [0.2, 0.25) is 0 Å². The number of anilines is 1. The Hall–Kier alpha value is -2.67.